The number of ether oxygens (including phenoxy) is 3. The van der Waals surface area contributed by atoms with Crippen LogP contribution in [0.3, 0.4) is 0 Å². The normalized spacial score (nSPS) is 11.0. The summed E-state index contributed by atoms with van der Waals surface area (Å²) in [5, 5.41) is 4.64. The maximum absolute atomic E-state index is 5.87. The third-order valence-electron chi connectivity index (χ3n) is 5.52. The van der Waals surface area contributed by atoms with E-state index in [9.17, 15) is 0 Å². The summed E-state index contributed by atoms with van der Waals surface area (Å²) in [5.41, 5.74) is 5.96. The second-order valence-corrected chi connectivity index (χ2v) is 7.67. The summed E-state index contributed by atoms with van der Waals surface area (Å²) < 4.78 is 16.6. The number of aromatic nitrogens is 1. The fourth-order valence-corrected chi connectivity index (χ4v) is 3.73. The topological polar surface area (TPSA) is 52.6 Å². The van der Waals surface area contributed by atoms with E-state index >= 15 is 0 Å². The average molecular weight is 441 g/mol. The number of hydrogen-bond donors (Lipinski definition) is 1. The molecule has 0 bridgehead atoms. The molecular weight excluding hydrogens is 412 g/mol. The predicted octanol–water partition coefficient (Wildman–Crippen LogP) is 6.70. The van der Waals surface area contributed by atoms with Crippen LogP contribution in [-0.2, 0) is 0 Å². The highest BCUT2D eigenvalue weighted by atomic mass is 16.5. The van der Waals surface area contributed by atoms with Gasteiger partial charge in [-0.3, -0.25) is 0 Å². The molecule has 0 aliphatic rings. The standard InChI is InChI=1S/C28H28N2O3/c1-19-9-5-6-12-25(19)30-27-23(11-8-18-33-22-16-14-21(31-3)15-17-22)20(2)29-28-24(27)10-7-13-26(28)32-4/h5-17H,18H2,1-4H3,(H,29,30). The second kappa shape index (κ2) is 10.1. The molecule has 5 nitrogen and oxygen atoms in total. The van der Waals surface area contributed by atoms with E-state index in [-0.39, 0.29) is 0 Å². The molecular formula is C28H28N2O3. The summed E-state index contributed by atoms with van der Waals surface area (Å²) in [6, 6.07) is 21.8. The van der Waals surface area contributed by atoms with Crippen LogP contribution in [0.5, 0.6) is 17.2 Å². The average Bonchev–Trinajstić information content (AvgIpc) is 2.84. The fraction of sp³-hybridized carbons (Fsp3) is 0.179. The van der Waals surface area contributed by atoms with Crippen molar-refractivity contribution in [2.75, 3.05) is 26.1 Å². The molecule has 1 aromatic heterocycles. The van der Waals surface area contributed by atoms with Crippen LogP contribution in [0.15, 0.2) is 72.8 Å². The lowest BCUT2D eigenvalue weighted by Gasteiger charge is -2.18. The number of anilines is 2. The van der Waals surface area contributed by atoms with Crippen LogP contribution in [0.25, 0.3) is 17.0 Å². The lowest BCUT2D eigenvalue weighted by Crippen LogP contribution is -2.02. The highest BCUT2D eigenvalue weighted by Crippen LogP contribution is 2.36. The summed E-state index contributed by atoms with van der Waals surface area (Å²) >= 11 is 0. The monoisotopic (exact) mass is 440 g/mol. The van der Waals surface area contributed by atoms with Crippen molar-refractivity contribution >= 4 is 28.4 Å². The first-order valence-electron chi connectivity index (χ1n) is 10.8. The Balaban J connectivity index is 1.69. The summed E-state index contributed by atoms with van der Waals surface area (Å²) in [6.07, 6.45) is 4.06. The van der Waals surface area contributed by atoms with Gasteiger partial charge in [-0.1, -0.05) is 36.4 Å². The summed E-state index contributed by atoms with van der Waals surface area (Å²) in [6.45, 7) is 4.54. The van der Waals surface area contributed by atoms with E-state index in [1.165, 1.54) is 5.56 Å². The molecule has 0 radical (unpaired) electrons. The van der Waals surface area contributed by atoms with E-state index < -0.39 is 0 Å². The molecule has 1 N–H and O–H groups in total. The van der Waals surface area contributed by atoms with Crippen molar-refractivity contribution in [3.63, 3.8) is 0 Å². The van der Waals surface area contributed by atoms with Crippen LogP contribution < -0.4 is 19.5 Å². The molecule has 168 valence electrons. The lowest BCUT2D eigenvalue weighted by atomic mass is 10.0. The molecule has 4 aromatic rings. The van der Waals surface area contributed by atoms with Crippen LogP contribution in [0.2, 0.25) is 0 Å². The van der Waals surface area contributed by atoms with E-state index in [1.54, 1.807) is 14.2 Å². The van der Waals surface area contributed by atoms with E-state index in [1.807, 2.05) is 61.5 Å². The zero-order valence-corrected chi connectivity index (χ0v) is 19.4. The number of pyridine rings is 1. The lowest BCUT2D eigenvalue weighted by molar-refractivity contribution is 0.361. The number of rotatable bonds is 8. The Morgan fingerprint density at radius 1 is 0.848 bits per heavy atom. The number of nitrogens with zero attached hydrogens (tertiary/aromatic N) is 1. The third kappa shape index (κ3) is 4.93. The minimum Gasteiger partial charge on any atom is -0.497 e. The molecule has 0 aliphatic carbocycles. The molecule has 0 spiro atoms. The Morgan fingerprint density at radius 2 is 1.61 bits per heavy atom. The van der Waals surface area contributed by atoms with Gasteiger partial charge in [0.1, 0.15) is 29.4 Å². The quantitative estimate of drug-likeness (QED) is 0.330. The van der Waals surface area contributed by atoms with Gasteiger partial charge in [0, 0.05) is 22.3 Å². The van der Waals surface area contributed by atoms with Crippen molar-refractivity contribution in [1.29, 1.82) is 0 Å². The largest absolute Gasteiger partial charge is 0.497 e. The van der Waals surface area contributed by atoms with Crippen LogP contribution in [0.4, 0.5) is 11.4 Å². The molecule has 3 aromatic carbocycles. The van der Waals surface area contributed by atoms with Crippen molar-refractivity contribution in [3.05, 3.63) is 89.6 Å². The molecule has 5 heteroatoms. The highest BCUT2D eigenvalue weighted by Gasteiger charge is 2.14. The third-order valence-corrected chi connectivity index (χ3v) is 5.52. The first-order valence-corrected chi connectivity index (χ1v) is 10.8. The molecule has 1 heterocycles. The first-order chi connectivity index (χ1) is 16.1. The molecule has 4 rings (SSSR count). The van der Waals surface area contributed by atoms with E-state index in [0.717, 1.165) is 50.8 Å². The zero-order chi connectivity index (χ0) is 23.2. The number of methoxy groups -OCH3 is 2. The van der Waals surface area contributed by atoms with Crippen LogP contribution in [-0.4, -0.2) is 25.8 Å². The molecule has 0 fully saturated rings. The van der Waals surface area contributed by atoms with Crippen molar-refractivity contribution in [1.82, 2.24) is 4.98 Å². The summed E-state index contributed by atoms with van der Waals surface area (Å²) in [4.78, 5) is 4.86. The number of fused-ring (bicyclic) bond motifs is 1. The van der Waals surface area contributed by atoms with E-state index in [2.05, 4.69) is 36.5 Å². The van der Waals surface area contributed by atoms with E-state index in [4.69, 9.17) is 19.2 Å². The molecule has 0 saturated heterocycles. The van der Waals surface area contributed by atoms with Crippen LogP contribution in [0, 0.1) is 13.8 Å². The van der Waals surface area contributed by atoms with Crippen molar-refractivity contribution < 1.29 is 14.2 Å². The predicted molar refractivity (Wildman–Crippen MR) is 135 cm³/mol. The van der Waals surface area contributed by atoms with Crippen LogP contribution in [0.1, 0.15) is 16.8 Å². The summed E-state index contributed by atoms with van der Waals surface area (Å²) in [5.74, 6) is 2.34. The number of para-hydroxylation sites is 2. The minimum absolute atomic E-state index is 0.436. The number of hydrogen-bond acceptors (Lipinski definition) is 5. The SMILES string of the molecule is COc1ccc(OCC=Cc2c(C)nc3c(OC)cccc3c2Nc2ccccc2C)cc1. The maximum Gasteiger partial charge on any atom is 0.145 e. The molecule has 0 atom stereocenters. The molecule has 0 saturated carbocycles. The molecule has 0 unspecified atom stereocenters. The number of benzene rings is 3. The van der Waals surface area contributed by atoms with Gasteiger partial charge in [0.15, 0.2) is 0 Å². The number of nitrogens with one attached hydrogen (secondary N) is 1. The van der Waals surface area contributed by atoms with Crippen molar-refractivity contribution in [2.24, 2.45) is 0 Å². The molecule has 33 heavy (non-hydrogen) atoms. The van der Waals surface area contributed by atoms with Gasteiger partial charge in [0.2, 0.25) is 0 Å². The minimum atomic E-state index is 0.436. The Kier molecular flexibility index (Phi) is 6.79. The van der Waals surface area contributed by atoms with Crippen molar-refractivity contribution in [2.45, 2.75) is 13.8 Å². The Labute approximate surface area is 194 Å². The highest BCUT2D eigenvalue weighted by molar-refractivity contribution is 6.00. The van der Waals surface area contributed by atoms with Gasteiger partial charge in [0.05, 0.1) is 19.9 Å². The smallest absolute Gasteiger partial charge is 0.145 e. The van der Waals surface area contributed by atoms with E-state index in [0.29, 0.717) is 6.61 Å². The van der Waals surface area contributed by atoms with Gasteiger partial charge >= 0.3 is 0 Å². The Morgan fingerprint density at radius 3 is 2.33 bits per heavy atom. The fourth-order valence-electron chi connectivity index (χ4n) is 3.73. The molecule has 0 aliphatic heterocycles. The second-order valence-electron chi connectivity index (χ2n) is 7.67. The van der Waals surface area contributed by atoms with Gasteiger partial charge in [-0.05, 0) is 61.9 Å². The first kappa shape index (κ1) is 22.2. The van der Waals surface area contributed by atoms with Crippen LogP contribution >= 0.6 is 0 Å². The molecule has 0 amide bonds. The van der Waals surface area contributed by atoms with Gasteiger partial charge in [-0.15, -0.1) is 0 Å². The Bertz CT molecular complexity index is 1280. The van der Waals surface area contributed by atoms with Gasteiger partial charge < -0.3 is 19.5 Å². The number of aryl methyl sites for hydroxylation is 2. The van der Waals surface area contributed by atoms with Gasteiger partial charge in [0.25, 0.3) is 0 Å². The van der Waals surface area contributed by atoms with Gasteiger partial charge in [-0.25, -0.2) is 4.98 Å². The maximum atomic E-state index is 5.87. The Hall–Kier alpha value is -3.99. The van der Waals surface area contributed by atoms with Gasteiger partial charge in [-0.2, -0.15) is 0 Å². The van der Waals surface area contributed by atoms with Crippen molar-refractivity contribution in [3.8, 4) is 17.2 Å². The zero-order valence-electron chi connectivity index (χ0n) is 19.4. The summed E-state index contributed by atoms with van der Waals surface area (Å²) in [7, 11) is 3.32.